The first-order valence-corrected chi connectivity index (χ1v) is 4.63. The van der Waals surface area contributed by atoms with Crippen LogP contribution in [0.2, 0.25) is 0 Å². The van der Waals surface area contributed by atoms with Gasteiger partial charge in [-0.1, -0.05) is 4.48 Å². The zero-order valence-corrected chi connectivity index (χ0v) is 8.70. The van der Waals surface area contributed by atoms with Crippen LogP contribution in [-0.4, -0.2) is 40.0 Å². The molecule has 0 aliphatic rings. The van der Waals surface area contributed by atoms with Crippen LogP contribution < -0.4 is 0 Å². The van der Waals surface area contributed by atoms with E-state index in [4.69, 9.17) is 5.11 Å². The third-order valence-electron chi connectivity index (χ3n) is 1.91. The van der Waals surface area contributed by atoms with Gasteiger partial charge in [-0.15, -0.1) is 8.96 Å². The van der Waals surface area contributed by atoms with Gasteiger partial charge in [-0.3, -0.25) is 4.79 Å². The lowest BCUT2D eigenvalue weighted by Gasteiger charge is -2.18. The standard InChI is InChI=1S/C8H13F3N2O3/c1-6(14)13(11)7(8(15)16)4-2-3-5-12(9)10/h7H,2-5H2,1H3,(H,15,16)/t7-/m0/s1. The topological polar surface area (TPSA) is 60.9 Å². The van der Waals surface area contributed by atoms with Crippen molar-refractivity contribution in [2.45, 2.75) is 32.2 Å². The van der Waals surface area contributed by atoms with Crippen LogP contribution in [-0.2, 0) is 9.59 Å². The summed E-state index contributed by atoms with van der Waals surface area (Å²) in [6.45, 7) is 0.375. The van der Waals surface area contributed by atoms with Crippen molar-refractivity contribution in [3.05, 3.63) is 0 Å². The second-order valence-electron chi connectivity index (χ2n) is 3.21. The van der Waals surface area contributed by atoms with Gasteiger partial charge in [0, 0.05) is 12.3 Å². The first-order valence-electron chi connectivity index (χ1n) is 4.63. The molecule has 0 saturated carbocycles. The Kier molecular flexibility index (Phi) is 6.47. The number of hydrogen-bond donors (Lipinski definition) is 1. The second-order valence-corrected chi connectivity index (χ2v) is 3.21. The van der Waals surface area contributed by atoms with E-state index in [2.05, 4.69) is 0 Å². The van der Waals surface area contributed by atoms with Gasteiger partial charge in [0.1, 0.15) is 0 Å². The molecule has 0 aromatic heterocycles. The Hall–Kier alpha value is -1.31. The lowest BCUT2D eigenvalue weighted by atomic mass is 10.1. The largest absolute Gasteiger partial charge is 0.480 e. The number of rotatable bonds is 7. The second kappa shape index (κ2) is 7.04. The highest BCUT2D eigenvalue weighted by Gasteiger charge is 2.27. The fourth-order valence-electron chi connectivity index (χ4n) is 1.12. The summed E-state index contributed by atoms with van der Waals surface area (Å²) in [7, 11) is 0. The SMILES string of the molecule is CC(=O)N(F)[C@@H](CCCCN(F)F)C(=O)O. The number of unbranched alkanes of at least 4 members (excludes halogenated alkanes) is 1. The Morgan fingerprint density at radius 1 is 1.25 bits per heavy atom. The fourth-order valence-corrected chi connectivity index (χ4v) is 1.12. The molecule has 0 saturated heterocycles. The maximum absolute atomic E-state index is 13.0. The lowest BCUT2D eigenvalue weighted by molar-refractivity contribution is -0.165. The minimum Gasteiger partial charge on any atom is -0.480 e. The Bertz CT molecular complexity index is 251. The molecule has 0 aliphatic carbocycles. The van der Waals surface area contributed by atoms with Gasteiger partial charge in [0.25, 0.3) is 0 Å². The lowest BCUT2D eigenvalue weighted by Crippen LogP contribution is -2.38. The van der Waals surface area contributed by atoms with Gasteiger partial charge in [-0.25, -0.2) is 4.79 Å². The molecule has 1 amide bonds. The van der Waals surface area contributed by atoms with Crippen molar-refractivity contribution in [2.75, 3.05) is 6.54 Å². The summed E-state index contributed by atoms with van der Waals surface area (Å²) in [5, 5.41) is 7.18. The normalized spacial score (nSPS) is 12.6. The fraction of sp³-hybridized carbons (Fsp3) is 0.750. The van der Waals surface area contributed by atoms with Crippen LogP contribution in [0.15, 0.2) is 0 Å². The summed E-state index contributed by atoms with van der Waals surface area (Å²) >= 11 is 0. The van der Waals surface area contributed by atoms with Crippen molar-refractivity contribution in [3.63, 3.8) is 0 Å². The van der Waals surface area contributed by atoms with Crippen LogP contribution in [0.25, 0.3) is 0 Å². The van der Waals surface area contributed by atoms with Crippen LogP contribution in [0.5, 0.6) is 0 Å². The predicted molar refractivity (Wildman–Crippen MR) is 47.8 cm³/mol. The number of carboxylic acid groups (broad SMARTS) is 1. The van der Waals surface area contributed by atoms with E-state index in [1.165, 1.54) is 0 Å². The van der Waals surface area contributed by atoms with Crippen molar-refractivity contribution in [1.82, 2.24) is 10.5 Å². The van der Waals surface area contributed by atoms with Gasteiger partial charge in [-0.05, 0) is 19.3 Å². The van der Waals surface area contributed by atoms with Gasteiger partial charge >= 0.3 is 5.97 Å². The van der Waals surface area contributed by atoms with Gasteiger partial charge in [0.05, 0.1) is 6.54 Å². The Labute approximate surface area is 90.2 Å². The van der Waals surface area contributed by atoms with Gasteiger partial charge in [-0.2, -0.15) is 5.12 Å². The molecular weight excluding hydrogens is 229 g/mol. The van der Waals surface area contributed by atoms with E-state index in [0.29, 0.717) is 0 Å². The number of amides is 1. The molecular formula is C8H13F3N2O3. The van der Waals surface area contributed by atoms with Gasteiger partial charge < -0.3 is 5.11 Å². The molecule has 1 N–H and O–H groups in total. The first kappa shape index (κ1) is 14.7. The average molecular weight is 242 g/mol. The molecule has 8 heteroatoms. The van der Waals surface area contributed by atoms with Crippen molar-refractivity contribution >= 4 is 11.9 Å². The molecule has 0 rings (SSSR count). The minimum atomic E-state index is -1.61. The summed E-state index contributed by atoms with van der Waals surface area (Å²) in [5.74, 6) is -2.51. The number of carbonyl (C=O) groups excluding carboxylic acids is 1. The molecule has 0 radical (unpaired) electrons. The van der Waals surface area contributed by atoms with E-state index in [1.807, 2.05) is 0 Å². The predicted octanol–water partition coefficient (Wildman–Crippen LogP) is 1.41. The molecule has 0 aromatic rings. The first-order chi connectivity index (χ1) is 7.36. The maximum atomic E-state index is 13.0. The molecule has 0 bridgehead atoms. The highest BCUT2D eigenvalue weighted by molar-refractivity contribution is 5.81. The van der Waals surface area contributed by atoms with Gasteiger partial charge in [0.15, 0.2) is 6.04 Å². The molecule has 5 nitrogen and oxygen atoms in total. The Morgan fingerprint density at radius 2 is 1.81 bits per heavy atom. The van der Waals surface area contributed by atoms with Crippen molar-refractivity contribution < 1.29 is 28.1 Å². The summed E-state index contributed by atoms with van der Waals surface area (Å²) in [4.78, 5) is 21.2. The van der Waals surface area contributed by atoms with Crippen LogP contribution in [0.1, 0.15) is 26.2 Å². The molecule has 0 unspecified atom stereocenters. The highest BCUT2D eigenvalue weighted by Crippen LogP contribution is 2.11. The van der Waals surface area contributed by atoms with E-state index in [1.54, 1.807) is 0 Å². The molecule has 1 atom stereocenters. The number of carbonyl (C=O) groups is 2. The smallest absolute Gasteiger partial charge is 0.329 e. The summed E-state index contributed by atoms with van der Waals surface area (Å²) in [6.07, 6.45) is -0.0726. The maximum Gasteiger partial charge on any atom is 0.329 e. The Morgan fingerprint density at radius 3 is 2.19 bits per heavy atom. The number of halogens is 3. The number of nitrogens with zero attached hydrogens (tertiary/aromatic N) is 2. The highest BCUT2D eigenvalue weighted by atomic mass is 19.4. The molecule has 94 valence electrons. The number of hydrogen-bond acceptors (Lipinski definition) is 3. The molecule has 0 aliphatic heterocycles. The molecule has 0 fully saturated rings. The van der Waals surface area contributed by atoms with Crippen molar-refractivity contribution in [2.24, 2.45) is 0 Å². The van der Waals surface area contributed by atoms with Crippen LogP contribution in [0.4, 0.5) is 13.4 Å². The summed E-state index contributed by atoms with van der Waals surface area (Å²) in [6, 6.07) is -1.61. The Balaban J connectivity index is 4.05. The van der Waals surface area contributed by atoms with Crippen LogP contribution in [0, 0.1) is 0 Å². The quantitative estimate of drug-likeness (QED) is 0.541. The number of aliphatic carboxylic acids is 1. The van der Waals surface area contributed by atoms with Crippen molar-refractivity contribution in [1.29, 1.82) is 0 Å². The minimum absolute atomic E-state index is 0.0303. The summed E-state index contributed by atoms with van der Waals surface area (Å²) in [5.41, 5.74) is 0. The van der Waals surface area contributed by atoms with E-state index in [9.17, 15) is 23.0 Å². The average Bonchev–Trinajstić information content (AvgIpc) is 2.15. The molecule has 0 aromatic carbocycles. The van der Waals surface area contributed by atoms with Gasteiger partial charge in [0.2, 0.25) is 5.91 Å². The van der Waals surface area contributed by atoms with Crippen molar-refractivity contribution in [3.8, 4) is 0 Å². The zero-order valence-electron chi connectivity index (χ0n) is 8.70. The third kappa shape index (κ3) is 5.54. The molecule has 0 heterocycles. The van der Waals surface area contributed by atoms with E-state index in [0.717, 1.165) is 6.92 Å². The zero-order chi connectivity index (χ0) is 12.7. The van der Waals surface area contributed by atoms with Crippen LogP contribution >= 0.6 is 0 Å². The third-order valence-corrected chi connectivity index (χ3v) is 1.91. The summed E-state index contributed by atoms with van der Waals surface area (Å²) < 4.78 is 36.1. The molecule has 0 spiro atoms. The van der Waals surface area contributed by atoms with E-state index in [-0.39, 0.29) is 19.3 Å². The monoisotopic (exact) mass is 242 g/mol. The molecule has 16 heavy (non-hydrogen) atoms. The number of carboxylic acids is 1. The van der Waals surface area contributed by atoms with Crippen LogP contribution in [0.3, 0.4) is 0 Å². The van der Waals surface area contributed by atoms with E-state index >= 15 is 0 Å². The van der Waals surface area contributed by atoms with E-state index < -0.39 is 34.9 Å².